The number of amides is 3. The normalized spacial score (nSPS) is 15.1. The summed E-state index contributed by atoms with van der Waals surface area (Å²) in [6.45, 7) is 5.86. The van der Waals surface area contributed by atoms with Gasteiger partial charge in [0, 0.05) is 11.6 Å². The molecule has 0 radical (unpaired) electrons. The molecule has 1 aromatic heterocycles. The summed E-state index contributed by atoms with van der Waals surface area (Å²) in [4.78, 5) is 35.8. The molecule has 1 aliphatic rings. The van der Waals surface area contributed by atoms with Crippen molar-refractivity contribution in [1.29, 1.82) is 0 Å². The van der Waals surface area contributed by atoms with Crippen molar-refractivity contribution in [3.63, 3.8) is 0 Å². The molecule has 3 aromatic carbocycles. The number of rotatable bonds is 8. The van der Waals surface area contributed by atoms with Gasteiger partial charge < -0.3 is 14.8 Å². The van der Waals surface area contributed by atoms with Gasteiger partial charge in [0.15, 0.2) is 11.0 Å². The van der Waals surface area contributed by atoms with Crippen LogP contribution in [0.3, 0.4) is 0 Å². The van der Waals surface area contributed by atoms with Gasteiger partial charge in [-0.3, -0.25) is 9.69 Å². The molecule has 1 fully saturated rings. The molecule has 10 nitrogen and oxygen atoms in total. The van der Waals surface area contributed by atoms with Crippen LogP contribution in [0, 0.1) is 0 Å². The molecular formula is C31H29F3N6O4S. The van der Waals surface area contributed by atoms with E-state index in [4.69, 9.17) is 4.74 Å². The molecule has 0 saturated carbocycles. The Morgan fingerprint density at radius 2 is 1.71 bits per heavy atom. The van der Waals surface area contributed by atoms with Crippen LogP contribution < -0.4 is 19.7 Å². The maximum atomic E-state index is 13.0. The molecule has 234 valence electrons. The van der Waals surface area contributed by atoms with E-state index in [-0.39, 0.29) is 23.3 Å². The number of anilines is 1. The summed E-state index contributed by atoms with van der Waals surface area (Å²) in [7, 11) is 1.55. The van der Waals surface area contributed by atoms with Crippen molar-refractivity contribution in [2.24, 2.45) is 4.99 Å². The molecular weight excluding hydrogens is 609 g/mol. The predicted octanol–water partition coefficient (Wildman–Crippen LogP) is 6.87. The standard InChI is InChI=1S/C31H29F3N6O4S/c1-18(2)25-14-13-24(43-4)15-26(25)40-27(41)16-45-30(40)37-29(42)36-19(3)20-5-7-21(8-6-20)28-35-17-39(38-28)22-9-11-23(12-10-22)44-31(32,33)34/h5-15,17-19H,16H2,1-4H3,(H,36,42)/b37-30-. The first-order valence-corrected chi connectivity index (χ1v) is 14.8. The van der Waals surface area contributed by atoms with E-state index < -0.39 is 18.4 Å². The Morgan fingerprint density at radius 3 is 2.36 bits per heavy atom. The number of methoxy groups -OCH3 is 1. The van der Waals surface area contributed by atoms with Crippen molar-refractivity contribution < 1.29 is 32.2 Å². The fraction of sp³-hybridized carbons (Fsp3) is 0.258. The van der Waals surface area contributed by atoms with Crippen molar-refractivity contribution in [3.05, 3.63) is 84.2 Å². The number of carbonyl (C=O) groups is 2. The second-order valence-corrected chi connectivity index (χ2v) is 11.3. The second-order valence-electron chi connectivity index (χ2n) is 10.3. The highest BCUT2D eigenvalue weighted by atomic mass is 32.2. The zero-order valence-electron chi connectivity index (χ0n) is 24.7. The quantitative estimate of drug-likeness (QED) is 0.224. The number of carbonyl (C=O) groups excluding carboxylic acids is 2. The van der Waals surface area contributed by atoms with E-state index in [1.54, 1.807) is 25.3 Å². The first kappa shape index (κ1) is 31.6. The van der Waals surface area contributed by atoms with Gasteiger partial charge in [0.1, 0.15) is 17.8 Å². The zero-order valence-corrected chi connectivity index (χ0v) is 25.5. The van der Waals surface area contributed by atoms with Crippen LogP contribution >= 0.6 is 11.8 Å². The largest absolute Gasteiger partial charge is 0.573 e. The number of alkyl halides is 3. The van der Waals surface area contributed by atoms with Gasteiger partial charge in [-0.25, -0.2) is 14.5 Å². The molecule has 1 N–H and O–H groups in total. The summed E-state index contributed by atoms with van der Waals surface area (Å²) >= 11 is 1.20. The van der Waals surface area contributed by atoms with Crippen LogP contribution in [0.15, 0.2) is 78.0 Å². The number of nitrogens with one attached hydrogen (secondary N) is 1. The van der Waals surface area contributed by atoms with E-state index in [1.165, 1.54) is 51.9 Å². The van der Waals surface area contributed by atoms with Crippen LogP contribution in [-0.4, -0.2) is 51.1 Å². The third-order valence-electron chi connectivity index (χ3n) is 6.90. The summed E-state index contributed by atoms with van der Waals surface area (Å²) < 4.78 is 48.0. The minimum absolute atomic E-state index is 0.125. The number of aliphatic imine (C=N–C) groups is 1. The molecule has 1 aliphatic heterocycles. The summed E-state index contributed by atoms with van der Waals surface area (Å²) in [6, 6.07) is 17.0. The van der Waals surface area contributed by atoms with Crippen LogP contribution in [0.25, 0.3) is 17.1 Å². The molecule has 0 aliphatic carbocycles. The average Bonchev–Trinajstić information content (AvgIpc) is 3.63. The summed E-state index contributed by atoms with van der Waals surface area (Å²) in [5.41, 5.74) is 3.57. The predicted molar refractivity (Wildman–Crippen MR) is 165 cm³/mol. The molecule has 1 unspecified atom stereocenters. The van der Waals surface area contributed by atoms with Crippen LogP contribution in [0.1, 0.15) is 43.9 Å². The van der Waals surface area contributed by atoms with Crippen LogP contribution in [0.4, 0.5) is 23.7 Å². The lowest BCUT2D eigenvalue weighted by molar-refractivity contribution is -0.274. The van der Waals surface area contributed by atoms with Crippen LogP contribution in [0.5, 0.6) is 11.5 Å². The third-order valence-corrected chi connectivity index (χ3v) is 7.82. The average molecular weight is 639 g/mol. The van der Waals surface area contributed by atoms with Crippen molar-refractivity contribution in [3.8, 4) is 28.6 Å². The lowest BCUT2D eigenvalue weighted by Crippen LogP contribution is -2.32. The van der Waals surface area contributed by atoms with Crippen molar-refractivity contribution >= 4 is 34.6 Å². The summed E-state index contributed by atoms with van der Waals surface area (Å²) in [6.07, 6.45) is -3.32. The van der Waals surface area contributed by atoms with Gasteiger partial charge in [-0.05, 0) is 54.3 Å². The molecule has 5 rings (SSSR count). The van der Waals surface area contributed by atoms with Crippen molar-refractivity contribution in [2.75, 3.05) is 17.8 Å². The van der Waals surface area contributed by atoms with E-state index in [9.17, 15) is 22.8 Å². The monoisotopic (exact) mass is 638 g/mol. The number of nitrogens with zero attached hydrogens (tertiary/aromatic N) is 5. The Kier molecular flexibility index (Phi) is 9.14. The second kappa shape index (κ2) is 13.0. The Bertz CT molecular complexity index is 1720. The van der Waals surface area contributed by atoms with Gasteiger partial charge in [0.2, 0.25) is 5.91 Å². The van der Waals surface area contributed by atoms with E-state index >= 15 is 0 Å². The van der Waals surface area contributed by atoms with E-state index in [2.05, 4.69) is 25.1 Å². The molecule has 0 spiro atoms. The fourth-order valence-electron chi connectivity index (χ4n) is 4.64. The Hall–Kier alpha value is -4.85. The molecule has 4 aromatic rings. The van der Waals surface area contributed by atoms with Gasteiger partial charge in [0.25, 0.3) is 0 Å². The minimum atomic E-state index is -4.77. The topological polar surface area (TPSA) is 111 Å². The number of halogens is 3. The van der Waals surface area contributed by atoms with Crippen LogP contribution in [0.2, 0.25) is 0 Å². The fourth-order valence-corrected chi connectivity index (χ4v) is 5.50. The molecule has 45 heavy (non-hydrogen) atoms. The highest BCUT2D eigenvalue weighted by Gasteiger charge is 2.33. The molecule has 2 heterocycles. The SMILES string of the molecule is COc1ccc(C(C)C)c(N2C(=O)CS/C2=N\C(=O)NC(C)c2ccc(-c3ncn(-c4ccc(OC(F)(F)F)cc4)n3)cc2)c1. The van der Waals surface area contributed by atoms with Crippen molar-refractivity contribution in [1.82, 2.24) is 20.1 Å². The van der Waals surface area contributed by atoms with Gasteiger partial charge in [-0.1, -0.05) is 55.9 Å². The minimum Gasteiger partial charge on any atom is -0.497 e. The Balaban J connectivity index is 1.26. The third kappa shape index (κ3) is 7.45. The number of amidine groups is 1. The van der Waals surface area contributed by atoms with Crippen molar-refractivity contribution in [2.45, 2.75) is 39.1 Å². The molecule has 1 saturated heterocycles. The molecule has 0 bridgehead atoms. The number of urea groups is 1. The first-order chi connectivity index (χ1) is 21.4. The van der Waals surface area contributed by atoms with E-state index in [1.807, 2.05) is 45.0 Å². The molecule has 1 atom stereocenters. The summed E-state index contributed by atoms with van der Waals surface area (Å²) in [5, 5.41) is 7.56. The number of ether oxygens (including phenoxy) is 2. The van der Waals surface area contributed by atoms with Gasteiger partial charge in [-0.2, -0.15) is 4.99 Å². The zero-order chi connectivity index (χ0) is 32.3. The van der Waals surface area contributed by atoms with E-state index in [0.29, 0.717) is 33.7 Å². The Labute approximate surface area is 261 Å². The lowest BCUT2D eigenvalue weighted by atomic mass is 10.00. The number of aromatic nitrogens is 3. The van der Waals surface area contributed by atoms with Gasteiger partial charge >= 0.3 is 12.4 Å². The number of benzene rings is 3. The first-order valence-electron chi connectivity index (χ1n) is 13.8. The highest BCUT2D eigenvalue weighted by molar-refractivity contribution is 8.15. The molecule has 14 heteroatoms. The number of hydrogen-bond acceptors (Lipinski definition) is 7. The highest BCUT2D eigenvalue weighted by Crippen LogP contribution is 2.36. The Morgan fingerprint density at radius 1 is 1.02 bits per heavy atom. The van der Waals surface area contributed by atoms with Gasteiger partial charge in [-0.15, -0.1) is 18.3 Å². The summed E-state index contributed by atoms with van der Waals surface area (Å²) in [5.74, 6) is 0.782. The maximum absolute atomic E-state index is 13.0. The number of thioether (sulfide) groups is 1. The lowest BCUT2D eigenvalue weighted by Gasteiger charge is -2.22. The van der Waals surface area contributed by atoms with Gasteiger partial charge in [0.05, 0.1) is 30.3 Å². The van der Waals surface area contributed by atoms with Crippen LogP contribution in [-0.2, 0) is 4.79 Å². The van der Waals surface area contributed by atoms with E-state index in [0.717, 1.165) is 11.1 Å². The smallest absolute Gasteiger partial charge is 0.497 e. The maximum Gasteiger partial charge on any atom is 0.573 e. The number of hydrogen-bond donors (Lipinski definition) is 1. The molecule has 3 amide bonds.